The van der Waals surface area contributed by atoms with Crippen LogP contribution in [0.25, 0.3) is 10.9 Å². The van der Waals surface area contributed by atoms with Crippen LogP contribution in [-0.2, 0) is 0 Å². The molecule has 0 fully saturated rings. The van der Waals surface area contributed by atoms with Crippen LogP contribution in [0.1, 0.15) is 20.8 Å². The number of anilines is 1. The Kier molecular flexibility index (Phi) is 3.59. The minimum Gasteiger partial charge on any atom is -0.388 e. The molecular formula is C14H17N3O3. The summed E-state index contributed by atoms with van der Waals surface area (Å²) in [5.74, 6) is 0. The van der Waals surface area contributed by atoms with E-state index in [-0.39, 0.29) is 11.7 Å². The number of pyridine rings is 1. The van der Waals surface area contributed by atoms with Crippen molar-refractivity contribution in [3.8, 4) is 0 Å². The second kappa shape index (κ2) is 5.05. The Morgan fingerprint density at radius 1 is 1.40 bits per heavy atom. The summed E-state index contributed by atoms with van der Waals surface area (Å²) < 4.78 is 0. The number of rotatable bonds is 4. The van der Waals surface area contributed by atoms with Crippen LogP contribution in [0.2, 0.25) is 0 Å². The van der Waals surface area contributed by atoms with Gasteiger partial charge in [0.15, 0.2) is 0 Å². The van der Waals surface area contributed by atoms with Gasteiger partial charge in [-0.3, -0.25) is 10.1 Å². The molecule has 0 spiro atoms. The lowest BCUT2D eigenvalue weighted by Gasteiger charge is -2.27. The molecule has 1 heterocycles. The lowest BCUT2D eigenvalue weighted by Crippen LogP contribution is -2.39. The number of hydrogen-bond donors (Lipinski definition) is 2. The van der Waals surface area contributed by atoms with E-state index in [2.05, 4.69) is 10.3 Å². The summed E-state index contributed by atoms with van der Waals surface area (Å²) in [4.78, 5) is 14.8. The number of nitrogens with one attached hydrogen (secondary N) is 1. The maximum absolute atomic E-state index is 11.2. The van der Waals surface area contributed by atoms with Crippen molar-refractivity contribution in [2.24, 2.45) is 0 Å². The predicted octanol–water partition coefficient (Wildman–Crippen LogP) is 2.71. The normalized spacial score (nSPS) is 13.2. The summed E-state index contributed by atoms with van der Waals surface area (Å²) in [6.45, 7) is 5.08. The highest BCUT2D eigenvalue weighted by Crippen LogP contribution is 2.32. The summed E-state index contributed by atoms with van der Waals surface area (Å²) in [7, 11) is 0. The zero-order valence-corrected chi connectivity index (χ0v) is 11.6. The third kappa shape index (κ3) is 2.70. The monoisotopic (exact) mass is 275 g/mol. The van der Waals surface area contributed by atoms with Crippen LogP contribution in [0.5, 0.6) is 0 Å². The first-order valence-corrected chi connectivity index (χ1v) is 6.31. The summed E-state index contributed by atoms with van der Waals surface area (Å²) in [6, 6.07) is 6.83. The highest BCUT2D eigenvalue weighted by molar-refractivity contribution is 5.95. The minimum absolute atomic E-state index is 0.0974. The van der Waals surface area contributed by atoms with Gasteiger partial charge in [-0.05, 0) is 26.8 Å². The van der Waals surface area contributed by atoms with E-state index < -0.39 is 10.5 Å². The Morgan fingerprint density at radius 3 is 2.65 bits per heavy atom. The number of fused-ring (bicyclic) bond motifs is 1. The SMILES string of the molecule is C[C@@H](Nc1c([N+](=O)[O-])cnc2ccccc12)C(C)(C)O. The zero-order chi connectivity index (χ0) is 14.9. The molecule has 0 saturated heterocycles. The molecular weight excluding hydrogens is 258 g/mol. The lowest BCUT2D eigenvalue weighted by molar-refractivity contribution is -0.384. The first-order chi connectivity index (χ1) is 9.30. The van der Waals surface area contributed by atoms with Crippen molar-refractivity contribution < 1.29 is 10.0 Å². The summed E-state index contributed by atoms with van der Waals surface area (Å²) >= 11 is 0. The second-order valence-corrected chi connectivity index (χ2v) is 5.31. The molecule has 0 radical (unpaired) electrons. The molecule has 1 atom stereocenters. The van der Waals surface area contributed by atoms with Gasteiger partial charge in [0, 0.05) is 5.39 Å². The van der Waals surface area contributed by atoms with Crippen LogP contribution in [0.3, 0.4) is 0 Å². The molecule has 0 bridgehead atoms. The van der Waals surface area contributed by atoms with Gasteiger partial charge in [0.1, 0.15) is 11.9 Å². The van der Waals surface area contributed by atoms with Crippen LogP contribution >= 0.6 is 0 Å². The van der Waals surface area contributed by atoms with Gasteiger partial charge in [-0.1, -0.05) is 18.2 Å². The van der Waals surface area contributed by atoms with Crippen LogP contribution in [0.15, 0.2) is 30.5 Å². The van der Waals surface area contributed by atoms with E-state index in [0.717, 1.165) is 0 Å². The van der Waals surface area contributed by atoms with E-state index >= 15 is 0 Å². The maximum Gasteiger partial charge on any atom is 0.311 e. The number of aromatic nitrogens is 1. The summed E-state index contributed by atoms with van der Waals surface area (Å²) in [5.41, 5.74) is -0.0447. The Hall–Kier alpha value is -2.21. The number of nitro groups is 1. The van der Waals surface area contributed by atoms with Gasteiger partial charge in [-0.15, -0.1) is 0 Å². The van der Waals surface area contributed by atoms with Gasteiger partial charge in [0.2, 0.25) is 0 Å². The predicted molar refractivity (Wildman–Crippen MR) is 77.8 cm³/mol. The summed E-state index contributed by atoms with van der Waals surface area (Å²) in [5, 5.41) is 24.9. The molecule has 2 aromatic rings. The molecule has 0 aliphatic heterocycles. The standard InChI is InChI=1S/C14H17N3O3/c1-9(14(2,3)18)16-13-10-6-4-5-7-11(10)15-8-12(13)17(19)20/h4-9,18H,1-3H3,(H,15,16)/t9-/m1/s1. The molecule has 0 amide bonds. The number of benzene rings is 1. The van der Waals surface area contributed by atoms with Crippen LogP contribution < -0.4 is 5.32 Å². The van der Waals surface area contributed by atoms with Crippen molar-refractivity contribution in [2.45, 2.75) is 32.4 Å². The molecule has 2 rings (SSSR count). The second-order valence-electron chi connectivity index (χ2n) is 5.31. The minimum atomic E-state index is -1.00. The Labute approximate surface area is 116 Å². The highest BCUT2D eigenvalue weighted by Gasteiger charge is 2.26. The Balaban J connectivity index is 2.58. The average Bonchev–Trinajstić information content (AvgIpc) is 2.37. The smallest absolute Gasteiger partial charge is 0.311 e. The molecule has 0 aliphatic rings. The molecule has 0 unspecified atom stereocenters. The van der Waals surface area contributed by atoms with Gasteiger partial charge in [-0.2, -0.15) is 0 Å². The van der Waals surface area contributed by atoms with Gasteiger partial charge in [0.05, 0.1) is 22.1 Å². The van der Waals surface area contributed by atoms with Gasteiger partial charge in [0.25, 0.3) is 0 Å². The fraction of sp³-hybridized carbons (Fsp3) is 0.357. The van der Waals surface area contributed by atoms with E-state index in [1.807, 2.05) is 6.07 Å². The van der Waals surface area contributed by atoms with Crippen LogP contribution in [0, 0.1) is 10.1 Å². The van der Waals surface area contributed by atoms with E-state index in [4.69, 9.17) is 0 Å². The molecule has 0 saturated carbocycles. The number of nitrogens with zero attached hydrogens (tertiary/aromatic N) is 2. The molecule has 20 heavy (non-hydrogen) atoms. The van der Waals surface area contributed by atoms with Crippen molar-refractivity contribution in [1.82, 2.24) is 4.98 Å². The number of hydrogen-bond acceptors (Lipinski definition) is 5. The van der Waals surface area contributed by atoms with Gasteiger partial charge in [-0.25, -0.2) is 4.98 Å². The zero-order valence-electron chi connectivity index (χ0n) is 11.6. The average molecular weight is 275 g/mol. The maximum atomic E-state index is 11.2. The fourth-order valence-corrected chi connectivity index (χ4v) is 1.81. The van der Waals surface area contributed by atoms with Gasteiger partial charge >= 0.3 is 5.69 Å². The van der Waals surface area contributed by atoms with Crippen molar-refractivity contribution in [3.05, 3.63) is 40.6 Å². The number of aliphatic hydroxyl groups is 1. The molecule has 6 nitrogen and oxygen atoms in total. The molecule has 106 valence electrons. The van der Waals surface area contributed by atoms with Crippen LogP contribution in [0.4, 0.5) is 11.4 Å². The summed E-state index contributed by atoms with van der Waals surface area (Å²) in [6.07, 6.45) is 1.24. The number of para-hydroxylation sites is 1. The third-order valence-corrected chi connectivity index (χ3v) is 3.37. The lowest BCUT2D eigenvalue weighted by atomic mass is 10.00. The molecule has 6 heteroatoms. The van der Waals surface area contributed by atoms with Crippen molar-refractivity contribution in [1.29, 1.82) is 0 Å². The fourth-order valence-electron chi connectivity index (χ4n) is 1.81. The van der Waals surface area contributed by atoms with E-state index in [1.54, 1.807) is 39.0 Å². The Morgan fingerprint density at radius 2 is 2.05 bits per heavy atom. The molecule has 1 aromatic heterocycles. The van der Waals surface area contributed by atoms with Crippen molar-refractivity contribution in [3.63, 3.8) is 0 Å². The molecule has 2 N–H and O–H groups in total. The van der Waals surface area contributed by atoms with E-state index in [0.29, 0.717) is 16.6 Å². The Bertz CT molecular complexity index is 650. The highest BCUT2D eigenvalue weighted by atomic mass is 16.6. The molecule has 1 aromatic carbocycles. The van der Waals surface area contributed by atoms with Crippen molar-refractivity contribution in [2.75, 3.05) is 5.32 Å². The first kappa shape index (κ1) is 14.2. The van der Waals surface area contributed by atoms with E-state index in [1.165, 1.54) is 6.20 Å². The first-order valence-electron chi connectivity index (χ1n) is 6.31. The third-order valence-electron chi connectivity index (χ3n) is 3.37. The molecule has 0 aliphatic carbocycles. The largest absolute Gasteiger partial charge is 0.388 e. The van der Waals surface area contributed by atoms with Crippen molar-refractivity contribution >= 4 is 22.3 Å². The quantitative estimate of drug-likeness (QED) is 0.661. The van der Waals surface area contributed by atoms with Crippen LogP contribution in [-0.4, -0.2) is 26.7 Å². The van der Waals surface area contributed by atoms with Gasteiger partial charge < -0.3 is 10.4 Å². The topological polar surface area (TPSA) is 88.3 Å². The van der Waals surface area contributed by atoms with E-state index in [9.17, 15) is 15.2 Å².